The summed E-state index contributed by atoms with van der Waals surface area (Å²) in [5.41, 5.74) is 3.33. The van der Waals surface area contributed by atoms with Crippen LogP contribution in [0.25, 0.3) is 28.0 Å². The molecule has 2 saturated heterocycles. The van der Waals surface area contributed by atoms with Crippen LogP contribution in [0.15, 0.2) is 91.7 Å². The summed E-state index contributed by atoms with van der Waals surface area (Å²) in [7, 11) is 0. The summed E-state index contributed by atoms with van der Waals surface area (Å²) in [6.45, 7) is 13.4. The molecule has 5 heterocycles. The molecule has 0 aliphatic carbocycles. The van der Waals surface area contributed by atoms with Crippen molar-refractivity contribution in [3.63, 3.8) is 0 Å². The van der Waals surface area contributed by atoms with E-state index in [0.717, 1.165) is 53.3 Å². The smallest absolute Gasteiger partial charge is 0.350 e. The molecule has 2 aromatic heterocycles. The van der Waals surface area contributed by atoms with Crippen LogP contribution < -0.4 is 19.8 Å². The fraction of sp³-hybridized carbons (Fsp3) is 0.425. The summed E-state index contributed by atoms with van der Waals surface area (Å²) in [5.74, 6) is 0.708. The Labute approximate surface area is 286 Å². The molecule has 2 fully saturated rings. The number of hydrogen-bond acceptors (Lipinski definition) is 9. The lowest BCUT2D eigenvalue weighted by molar-refractivity contribution is -0.270. The molecule has 0 radical (unpaired) electrons. The first-order valence-corrected chi connectivity index (χ1v) is 17.0. The molecule has 0 bridgehead atoms. The minimum atomic E-state index is -1.31. The molecule has 3 unspecified atom stereocenters. The molecule has 9 nitrogen and oxygen atoms in total. The van der Waals surface area contributed by atoms with E-state index >= 15 is 0 Å². The van der Waals surface area contributed by atoms with E-state index in [9.17, 15) is 4.79 Å². The minimum absolute atomic E-state index is 0.0230. The first kappa shape index (κ1) is 33.2. The average molecular weight is 669 g/mol. The maximum Gasteiger partial charge on any atom is 0.350 e. The van der Waals surface area contributed by atoms with Crippen LogP contribution in [-0.2, 0) is 14.2 Å². The van der Waals surface area contributed by atoms with Gasteiger partial charge in [0.05, 0.1) is 46.0 Å². The molecule has 258 valence electrons. The number of furan rings is 1. The third-order valence-electron chi connectivity index (χ3n) is 9.62. The van der Waals surface area contributed by atoms with Gasteiger partial charge in [0.15, 0.2) is 0 Å². The molecule has 49 heavy (non-hydrogen) atoms. The van der Waals surface area contributed by atoms with Crippen molar-refractivity contribution < 1.29 is 37.3 Å². The minimum Gasteiger partial charge on any atom is -0.489 e. The van der Waals surface area contributed by atoms with E-state index in [1.54, 1.807) is 18.4 Å². The lowest BCUT2D eigenvalue weighted by Gasteiger charge is -2.30. The summed E-state index contributed by atoms with van der Waals surface area (Å²) >= 11 is 0. The highest BCUT2D eigenvalue weighted by atomic mass is 16.9. The van der Waals surface area contributed by atoms with Crippen molar-refractivity contribution in [1.82, 2.24) is 0 Å². The molecule has 4 aromatic rings. The molecule has 1 spiro atoms. The summed E-state index contributed by atoms with van der Waals surface area (Å²) in [5, 5.41) is 1.54. The third-order valence-corrected chi connectivity index (χ3v) is 9.62. The van der Waals surface area contributed by atoms with Crippen LogP contribution in [-0.4, -0.2) is 42.6 Å². The Balaban J connectivity index is 0.947. The van der Waals surface area contributed by atoms with E-state index in [-0.39, 0.29) is 11.7 Å². The van der Waals surface area contributed by atoms with E-state index in [1.807, 2.05) is 50.3 Å². The van der Waals surface area contributed by atoms with Gasteiger partial charge in [-0.05, 0) is 110 Å². The van der Waals surface area contributed by atoms with Gasteiger partial charge in [-0.2, -0.15) is 0 Å². The molecule has 0 N–H and O–H groups in total. The number of ether oxygens (including phenoxy) is 6. The highest BCUT2D eigenvalue weighted by Crippen LogP contribution is 2.46. The van der Waals surface area contributed by atoms with E-state index in [0.29, 0.717) is 42.0 Å². The van der Waals surface area contributed by atoms with Gasteiger partial charge in [0.1, 0.15) is 41.6 Å². The molecule has 3 aliphatic heterocycles. The maximum absolute atomic E-state index is 11.8. The van der Waals surface area contributed by atoms with Crippen molar-refractivity contribution in [3.8, 4) is 17.2 Å². The molecular formula is C40H44O9. The molecule has 9 heteroatoms. The molecule has 0 saturated carbocycles. The second-order valence-electron chi connectivity index (χ2n) is 14.2. The fourth-order valence-electron chi connectivity index (χ4n) is 6.56. The number of rotatable bonds is 12. The molecule has 3 atom stereocenters. The van der Waals surface area contributed by atoms with E-state index in [2.05, 4.69) is 39.8 Å². The maximum atomic E-state index is 11.8. The summed E-state index contributed by atoms with van der Waals surface area (Å²) in [6, 6.07) is 12.5. The average Bonchev–Trinajstić information content (AvgIpc) is 3.31. The Morgan fingerprint density at radius 1 is 0.837 bits per heavy atom. The van der Waals surface area contributed by atoms with Gasteiger partial charge >= 0.3 is 11.6 Å². The van der Waals surface area contributed by atoms with Gasteiger partial charge in [0.25, 0.3) is 0 Å². The van der Waals surface area contributed by atoms with Crippen molar-refractivity contribution >= 4 is 28.0 Å². The molecule has 7 rings (SSSR count). The van der Waals surface area contributed by atoms with Crippen LogP contribution in [0.2, 0.25) is 0 Å². The number of epoxide rings is 1. The lowest BCUT2D eigenvalue weighted by Crippen LogP contribution is -2.38. The van der Waals surface area contributed by atoms with Crippen molar-refractivity contribution in [2.24, 2.45) is 0 Å². The van der Waals surface area contributed by atoms with Gasteiger partial charge < -0.3 is 37.3 Å². The highest BCUT2D eigenvalue weighted by molar-refractivity contribution is 6.01. The van der Waals surface area contributed by atoms with Crippen molar-refractivity contribution in [2.75, 3.05) is 13.2 Å². The van der Waals surface area contributed by atoms with E-state index in [4.69, 9.17) is 37.3 Å². The molecule has 0 amide bonds. The van der Waals surface area contributed by atoms with E-state index in [1.165, 1.54) is 11.6 Å². The Hall–Kier alpha value is -4.31. The topological polar surface area (TPSA) is 102 Å². The van der Waals surface area contributed by atoms with Crippen LogP contribution in [0.4, 0.5) is 0 Å². The number of allylic oxidation sites excluding steroid dienone is 2. The Morgan fingerprint density at radius 2 is 1.53 bits per heavy atom. The summed E-state index contributed by atoms with van der Waals surface area (Å²) in [4.78, 5) is 11.8. The van der Waals surface area contributed by atoms with Crippen LogP contribution >= 0.6 is 0 Å². The van der Waals surface area contributed by atoms with Gasteiger partial charge in [-0.15, -0.1) is 0 Å². The standard InChI is InChI=1S/C40H44O9/c1-25(10-13-34-38(3,4)47-34)17-21-42-30-8-7-9-31-27(30)16-20-40(46-31)48-35(39(5,6)49-40)14-11-26(2)18-22-44-37-28-12-15-36(41)45-33(28)24-32-29(37)19-23-43-32/h7-9,12,15-20,23-24,34-35H,10-11,13-14,21-22H2,1-6H3/b25-17+,26-18+. The van der Waals surface area contributed by atoms with Crippen molar-refractivity contribution in [3.05, 3.63) is 94.1 Å². The zero-order chi connectivity index (χ0) is 34.4. The van der Waals surface area contributed by atoms with E-state index < -0.39 is 17.2 Å². The molecule has 3 aliphatic rings. The summed E-state index contributed by atoms with van der Waals surface area (Å²) < 4.78 is 48.3. The zero-order valence-corrected chi connectivity index (χ0v) is 29.0. The lowest BCUT2D eigenvalue weighted by atomic mass is 9.96. The summed E-state index contributed by atoms with van der Waals surface area (Å²) in [6.07, 6.45) is 13.2. The number of hydrogen-bond donors (Lipinski definition) is 0. The molecular weight excluding hydrogens is 624 g/mol. The Bertz CT molecular complexity index is 2010. The van der Waals surface area contributed by atoms with Crippen LogP contribution in [0.5, 0.6) is 17.2 Å². The Morgan fingerprint density at radius 3 is 2.27 bits per heavy atom. The van der Waals surface area contributed by atoms with Crippen LogP contribution in [0.3, 0.4) is 0 Å². The first-order valence-electron chi connectivity index (χ1n) is 17.0. The largest absolute Gasteiger partial charge is 0.489 e. The van der Waals surface area contributed by atoms with Gasteiger partial charge in [-0.3, -0.25) is 0 Å². The monoisotopic (exact) mass is 668 g/mol. The fourth-order valence-corrected chi connectivity index (χ4v) is 6.56. The van der Waals surface area contributed by atoms with Gasteiger partial charge in [0, 0.05) is 18.2 Å². The Kier molecular flexibility index (Phi) is 8.71. The second kappa shape index (κ2) is 12.9. The SMILES string of the molecule is C/C(=C\COc1cccc2c1C=CC1(O2)OC(CC/C(C)=C/COc2c3ccoc3cc3oc(=O)ccc23)C(C)(C)O1)CCC1OC1(C)C. The predicted octanol–water partition coefficient (Wildman–Crippen LogP) is 8.88. The second-order valence-corrected chi connectivity index (χ2v) is 14.2. The quantitative estimate of drug-likeness (QED) is 0.0832. The molecule has 2 aromatic carbocycles. The van der Waals surface area contributed by atoms with Crippen LogP contribution in [0, 0.1) is 0 Å². The first-order chi connectivity index (χ1) is 23.4. The van der Waals surface area contributed by atoms with Crippen molar-refractivity contribution in [2.45, 2.75) is 96.6 Å². The third kappa shape index (κ3) is 7.06. The highest BCUT2D eigenvalue weighted by Gasteiger charge is 2.54. The predicted molar refractivity (Wildman–Crippen MR) is 187 cm³/mol. The van der Waals surface area contributed by atoms with Gasteiger partial charge in [0.2, 0.25) is 0 Å². The number of benzene rings is 2. The normalized spacial score (nSPS) is 24.0. The zero-order valence-electron chi connectivity index (χ0n) is 29.0. The van der Waals surface area contributed by atoms with Crippen molar-refractivity contribution in [1.29, 1.82) is 0 Å². The van der Waals surface area contributed by atoms with Gasteiger partial charge in [-0.25, -0.2) is 4.79 Å². The van der Waals surface area contributed by atoms with Crippen LogP contribution in [0.1, 0.15) is 72.8 Å². The van der Waals surface area contributed by atoms with Gasteiger partial charge in [-0.1, -0.05) is 17.2 Å². The number of fused-ring (bicyclic) bond motifs is 3.